The number of nitrogens with one attached hydrogen (secondary N) is 2. The van der Waals surface area contributed by atoms with E-state index in [0.29, 0.717) is 17.9 Å². The molecule has 4 amide bonds. The molecule has 2 aliphatic rings. The normalized spacial score (nSPS) is 20.1. The number of hydrogen-bond acceptors (Lipinski definition) is 3. The number of amides is 4. The number of carbonyl (C=O) groups is 3. The van der Waals surface area contributed by atoms with Gasteiger partial charge in [-0.25, -0.2) is 9.18 Å². The first kappa shape index (κ1) is 14.5. The summed E-state index contributed by atoms with van der Waals surface area (Å²) in [5.41, 5.74) is 1.07. The average molecular weight is 305 g/mol. The lowest BCUT2D eigenvalue weighted by Crippen LogP contribution is -2.51. The number of rotatable bonds is 2. The zero-order valence-corrected chi connectivity index (χ0v) is 11.9. The van der Waals surface area contributed by atoms with E-state index in [9.17, 15) is 18.8 Å². The molecule has 7 heteroatoms. The predicted octanol–water partition coefficient (Wildman–Crippen LogP) is 1.73. The van der Waals surface area contributed by atoms with Crippen LogP contribution in [-0.4, -0.2) is 28.4 Å². The van der Waals surface area contributed by atoms with Gasteiger partial charge in [-0.15, -0.1) is 0 Å². The van der Waals surface area contributed by atoms with Gasteiger partial charge in [-0.1, -0.05) is 31.4 Å². The summed E-state index contributed by atoms with van der Waals surface area (Å²) in [6.45, 7) is 0. The molecule has 3 rings (SSSR count). The molecule has 2 N–H and O–H groups in total. The first-order chi connectivity index (χ1) is 10.5. The maximum Gasteiger partial charge on any atom is 0.344 e. The molecule has 1 spiro atoms. The monoisotopic (exact) mass is 305 g/mol. The smallest absolute Gasteiger partial charge is 0.322 e. The molecule has 1 aromatic rings. The van der Waals surface area contributed by atoms with Gasteiger partial charge in [0.1, 0.15) is 11.4 Å². The van der Waals surface area contributed by atoms with Crippen molar-refractivity contribution in [2.45, 2.75) is 37.6 Å². The summed E-state index contributed by atoms with van der Waals surface area (Å²) < 4.78 is 13.6. The minimum atomic E-state index is -0.919. The Hall–Kier alpha value is -2.44. The quantitative estimate of drug-likeness (QED) is 0.817. The van der Waals surface area contributed by atoms with Crippen molar-refractivity contribution in [2.75, 3.05) is 0 Å². The van der Waals surface area contributed by atoms with E-state index in [1.54, 1.807) is 0 Å². The highest BCUT2D eigenvalue weighted by Gasteiger charge is 2.52. The number of benzene rings is 1. The van der Waals surface area contributed by atoms with Gasteiger partial charge in [0.25, 0.3) is 11.8 Å². The minimum absolute atomic E-state index is 0.215. The maximum absolute atomic E-state index is 13.6. The maximum atomic E-state index is 13.6. The summed E-state index contributed by atoms with van der Waals surface area (Å²) in [5, 5.41) is 3.34. The second-order valence-electron chi connectivity index (χ2n) is 5.63. The van der Waals surface area contributed by atoms with E-state index in [1.165, 1.54) is 18.2 Å². The van der Waals surface area contributed by atoms with Crippen LogP contribution in [0.5, 0.6) is 0 Å². The van der Waals surface area contributed by atoms with E-state index < -0.39 is 29.2 Å². The fourth-order valence-corrected chi connectivity index (χ4v) is 3.02. The van der Waals surface area contributed by atoms with Crippen LogP contribution in [0.4, 0.5) is 9.18 Å². The molecule has 1 aliphatic heterocycles. The lowest BCUT2D eigenvalue weighted by Gasteiger charge is -2.30. The minimum Gasteiger partial charge on any atom is -0.322 e. The second-order valence-corrected chi connectivity index (χ2v) is 5.63. The number of nitrogens with zero attached hydrogens (tertiary/aromatic N) is 1. The number of halogens is 1. The van der Waals surface area contributed by atoms with Crippen molar-refractivity contribution in [1.82, 2.24) is 15.8 Å². The summed E-state index contributed by atoms with van der Waals surface area (Å²) in [4.78, 5) is 36.5. The predicted molar refractivity (Wildman–Crippen MR) is 75.1 cm³/mol. The summed E-state index contributed by atoms with van der Waals surface area (Å²) in [5.74, 6) is -2.00. The highest BCUT2D eigenvalue weighted by Crippen LogP contribution is 2.33. The number of imide groups is 1. The first-order valence-corrected chi connectivity index (χ1v) is 7.26. The van der Waals surface area contributed by atoms with Gasteiger partial charge >= 0.3 is 6.03 Å². The SMILES string of the molecule is O=C(NN1C(=O)NC2(CCCCC2)C1=O)c1ccccc1F. The summed E-state index contributed by atoms with van der Waals surface area (Å²) in [6.07, 6.45) is 3.84. The van der Waals surface area contributed by atoms with Gasteiger partial charge in [0, 0.05) is 0 Å². The fraction of sp³-hybridized carbons (Fsp3) is 0.400. The molecule has 0 atom stereocenters. The Balaban J connectivity index is 1.78. The molecule has 22 heavy (non-hydrogen) atoms. The van der Waals surface area contributed by atoms with Gasteiger partial charge < -0.3 is 5.32 Å². The molecule has 1 saturated heterocycles. The van der Waals surface area contributed by atoms with Crippen LogP contribution in [-0.2, 0) is 4.79 Å². The van der Waals surface area contributed by atoms with E-state index in [2.05, 4.69) is 10.7 Å². The topological polar surface area (TPSA) is 78.5 Å². The van der Waals surface area contributed by atoms with Crippen molar-refractivity contribution in [3.05, 3.63) is 35.6 Å². The zero-order valence-electron chi connectivity index (χ0n) is 11.9. The van der Waals surface area contributed by atoms with Gasteiger partial charge in [-0.05, 0) is 25.0 Å². The molecule has 1 aliphatic carbocycles. The van der Waals surface area contributed by atoms with Crippen LogP contribution in [0.25, 0.3) is 0 Å². The Bertz CT molecular complexity index is 641. The van der Waals surface area contributed by atoms with E-state index >= 15 is 0 Å². The zero-order chi connectivity index (χ0) is 15.7. The molecular weight excluding hydrogens is 289 g/mol. The standard InChI is InChI=1S/C15H16FN3O3/c16-11-7-3-2-6-10(11)12(20)18-19-13(21)15(17-14(19)22)8-4-1-5-9-15/h2-3,6-7H,1,4-5,8-9H2,(H,17,22)(H,18,20). The van der Waals surface area contributed by atoms with E-state index in [-0.39, 0.29) is 5.56 Å². The van der Waals surface area contributed by atoms with Crippen LogP contribution in [0, 0.1) is 5.82 Å². The fourth-order valence-electron chi connectivity index (χ4n) is 3.02. The Kier molecular flexibility index (Phi) is 3.56. The average Bonchev–Trinajstić information content (AvgIpc) is 2.73. The van der Waals surface area contributed by atoms with Crippen molar-refractivity contribution >= 4 is 17.8 Å². The highest BCUT2D eigenvalue weighted by atomic mass is 19.1. The van der Waals surface area contributed by atoms with Crippen LogP contribution in [0.2, 0.25) is 0 Å². The Morgan fingerprint density at radius 3 is 2.55 bits per heavy atom. The van der Waals surface area contributed by atoms with E-state index in [4.69, 9.17) is 0 Å². The third kappa shape index (κ3) is 2.32. The molecule has 116 valence electrons. The number of hydrogen-bond donors (Lipinski definition) is 2. The first-order valence-electron chi connectivity index (χ1n) is 7.26. The van der Waals surface area contributed by atoms with Crippen LogP contribution >= 0.6 is 0 Å². The number of carbonyl (C=O) groups excluding carboxylic acids is 3. The number of hydrazine groups is 1. The summed E-state index contributed by atoms with van der Waals surface area (Å²) >= 11 is 0. The van der Waals surface area contributed by atoms with Crippen molar-refractivity contribution in [1.29, 1.82) is 0 Å². The lowest BCUT2D eigenvalue weighted by atomic mass is 9.82. The molecule has 6 nitrogen and oxygen atoms in total. The van der Waals surface area contributed by atoms with Gasteiger partial charge in [0.2, 0.25) is 0 Å². The van der Waals surface area contributed by atoms with Crippen molar-refractivity contribution in [2.24, 2.45) is 0 Å². The van der Waals surface area contributed by atoms with Crippen LogP contribution in [0.1, 0.15) is 42.5 Å². The van der Waals surface area contributed by atoms with Crippen LogP contribution in [0.15, 0.2) is 24.3 Å². The highest BCUT2D eigenvalue weighted by molar-refractivity contribution is 6.09. The third-order valence-electron chi connectivity index (χ3n) is 4.20. The van der Waals surface area contributed by atoms with Crippen molar-refractivity contribution in [3.8, 4) is 0 Å². The molecule has 0 bridgehead atoms. The molecule has 0 aromatic heterocycles. The molecule has 1 aromatic carbocycles. The van der Waals surface area contributed by atoms with E-state index in [0.717, 1.165) is 25.3 Å². The molecule has 1 saturated carbocycles. The molecule has 0 radical (unpaired) electrons. The molecular formula is C15H16FN3O3. The molecule has 2 fully saturated rings. The largest absolute Gasteiger partial charge is 0.344 e. The lowest BCUT2D eigenvalue weighted by molar-refractivity contribution is -0.134. The Labute approximate surface area is 126 Å². The molecule has 0 unspecified atom stereocenters. The number of urea groups is 1. The second kappa shape index (κ2) is 5.40. The van der Waals surface area contributed by atoms with E-state index in [1.807, 2.05) is 0 Å². The Morgan fingerprint density at radius 1 is 1.18 bits per heavy atom. The summed E-state index contributed by atoms with van der Waals surface area (Å²) in [6, 6.07) is 4.73. The van der Waals surface area contributed by atoms with Crippen LogP contribution < -0.4 is 10.7 Å². The van der Waals surface area contributed by atoms with Gasteiger partial charge in [-0.2, -0.15) is 5.01 Å². The van der Waals surface area contributed by atoms with Gasteiger partial charge in [0.15, 0.2) is 0 Å². The van der Waals surface area contributed by atoms with Gasteiger partial charge in [0.05, 0.1) is 5.56 Å². The Morgan fingerprint density at radius 2 is 1.86 bits per heavy atom. The van der Waals surface area contributed by atoms with Crippen LogP contribution in [0.3, 0.4) is 0 Å². The van der Waals surface area contributed by atoms with Crippen molar-refractivity contribution < 1.29 is 18.8 Å². The third-order valence-corrected chi connectivity index (χ3v) is 4.20. The molecule has 1 heterocycles. The van der Waals surface area contributed by atoms with Crippen molar-refractivity contribution in [3.63, 3.8) is 0 Å². The van der Waals surface area contributed by atoms with Gasteiger partial charge in [-0.3, -0.25) is 15.0 Å². The summed E-state index contributed by atoms with van der Waals surface area (Å²) in [7, 11) is 0.